The standard InChI is InChI=1S/C15H16ClN3O4S/c1-10-15(19(21)22)11(2)18(17-10)9-14(20)23-7-8-24-13-5-3-12(16)4-6-13/h3-6H,7-9H2,1-2H3. The Morgan fingerprint density at radius 1 is 1.38 bits per heavy atom. The van der Waals surface area contributed by atoms with Crippen molar-refractivity contribution in [3.8, 4) is 0 Å². The van der Waals surface area contributed by atoms with Crippen LogP contribution < -0.4 is 0 Å². The number of nitro groups is 1. The fraction of sp³-hybridized carbons (Fsp3) is 0.333. The van der Waals surface area contributed by atoms with Gasteiger partial charge in [0.15, 0.2) is 0 Å². The number of hydrogen-bond acceptors (Lipinski definition) is 6. The normalized spacial score (nSPS) is 10.6. The molecular weight excluding hydrogens is 354 g/mol. The highest BCUT2D eigenvalue weighted by molar-refractivity contribution is 7.99. The minimum absolute atomic E-state index is 0.0684. The van der Waals surface area contributed by atoms with E-state index in [9.17, 15) is 14.9 Å². The molecule has 0 aliphatic carbocycles. The first-order valence-corrected chi connectivity index (χ1v) is 8.47. The van der Waals surface area contributed by atoms with Crippen LogP contribution in [0.4, 0.5) is 5.69 Å². The van der Waals surface area contributed by atoms with E-state index in [1.165, 1.54) is 11.6 Å². The molecule has 0 aliphatic heterocycles. The molecule has 0 unspecified atom stereocenters. The highest BCUT2D eigenvalue weighted by Gasteiger charge is 2.22. The molecule has 9 heteroatoms. The highest BCUT2D eigenvalue weighted by atomic mass is 35.5. The molecule has 0 bridgehead atoms. The molecule has 1 aromatic heterocycles. The van der Waals surface area contributed by atoms with E-state index >= 15 is 0 Å². The molecule has 1 aromatic carbocycles. The Balaban J connectivity index is 1.80. The average Bonchev–Trinajstić information content (AvgIpc) is 2.79. The number of benzene rings is 1. The third-order valence-electron chi connectivity index (χ3n) is 3.23. The summed E-state index contributed by atoms with van der Waals surface area (Å²) in [5.41, 5.74) is 0.551. The van der Waals surface area contributed by atoms with E-state index in [1.54, 1.807) is 30.8 Å². The lowest BCUT2D eigenvalue weighted by Crippen LogP contribution is -2.17. The molecule has 0 fully saturated rings. The number of ether oxygens (including phenoxy) is 1. The van der Waals surface area contributed by atoms with Gasteiger partial charge in [0, 0.05) is 15.7 Å². The van der Waals surface area contributed by atoms with E-state index in [4.69, 9.17) is 16.3 Å². The molecule has 0 amide bonds. The van der Waals surface area contributed by atoms with Crippen molar-refractivity contribution in [1.29, 1.82) is 0 Å². The number of aromatic nitrogens is 2. The van der Waals surface area contributed by atoms with Crippen LogP contribution in [0, 0.1) is 24.0 Å². The molecule has 0 radical (unpaired) electrons. The zero-order valence-corrected chi connectivity index (χ0v) is 14.8. The lowest BCUT2D eigenvalue weighted by atomic mass is 10.3. The highest BCUT2D eigenvalue weighted by Crippen LogP contribution is 2.22. The fourth-order valence-electron chi connectivity index (χ4n) is 2.12. The summed E-state index contributed by atoms with van der Waals surface area (Å²) in [5.74, 6) is 0.122. The van der Waals surface area contributed by atoms with Gasteiger partial charge in [0.05, 0.1) is 4.92 Å². The molecular formula is C15H16ClN3O4S. The second kappa shape index (κ2) is 8.16. The van der Waals surface area contributed by atoms with Crippen LogP contribution >= 0.6 is 23.4 Å². The van der Waals surface area contributed by atoms with Gasteiger partial charge < -0.3 is 4.74 Å². The number of hydrogen-bond donors (Lipinski definition) is 0. The first kappa shape index (κ1) is 18.3. The number of carbonyl (C=O) groups excluding carboxylic acids is 1. The van der Waals surface area contributed by atoms with E-state index in [2.05, 4.69) is 5.10 Å². The summed E-state index contributed by atoms with van der Waals surface area (Å²) >= 11 is 7.35. The summed E-state index contributed by atoms with van der Waals surface area (Å²) in [6.45, 7) is 3.19. The molecule has 2 rings (SSSR count). The van der Waals surface area contributed by atoms with Crippen molar-refractivity contribution in [3.05, 3.63) is 50.8 Å². The summed E-state index contributed by atoms with van der Waals surface area (Å²) in [7, 11) is 0. The van der Waals surface area contributed by atoms with E-state index in [0.29, 0.717) is 16.5 Å². The zero-order chi connectivity index (χ0) is 17.7. The van der Waals surface area contributed by atoms with Gasteiger partial charge in [-0.15, -0.1) is 11.8 Å². The quantitative estimate of drug-likeness (QED) is 0.244. The van der Waals surface area contributed by atoms with Gasteiger partial charge in [-0.3, -0.25) is 19.6 Å². The first-order valence-electron chi connectivity index (χ1n) is 7.11. The zero-order valence-electron chi connectivity index (χ0n) is 13.2. The maximum Gasteiger partial charge on any atom is 0.327 e. The SMILES string of the molecule is Cc1nn(CC(=O)OCCSc2ccc(Cl)cc2)c(C)c1[N+](=O)[O-]. The third kappa shape index (κ3) is 4.72. The van der Waals surface area contributed by atoms with Crippen LogP contribution in [0.5, 0.6) is 0 Å². The van der Waals surface area contributed by atoms with Gasteiger partial charge in [0.25, 0.3) is 0 Å². The van der Waals surface area contributed by atoms with Gasteiger partial charge in [0.2, 0.25) is 0 Å². The van der Waals surface area contributed by atoms with Crippen molar-refractivity contribution in [2.45, 2.75) is 25.3 Å². The number of carbonyl (C=O) groups is 1. The van der Waals surface area contributed by atoms with E-state index in [-0.39, 0.29) is 24.5 Å². The second-order valence-electron chi connectivity index (χ2n) is 4.96. The van der Waals surface area contributed by atoms with Crippen LogP contribution in [0.1, 0.15) is 11.4 Å². The Labute approximate surface area is 148 Å². The topological polar surface area (TPSA) is 87.3 Å². The van der Waals surface area contributed by atoms with Gasteiger partial charge in [-0.2, -0.15) is 5.10 Å². The smallest absolute Gasteiger partial charge is 0.327 e. The molecule has 0 N–H and O–H groups in total. The van der Waals surface area contributed by atoms with Crippen molar-refractivity contribution in [3.63, 3.8) is 0 Å². The largest absolute Gasteiger partial charge is 0.463 e. The monoisotopic (exact) mass is 369 g/mol. The van der Waals surface area contributed by atoms with Crippen LogP contribution in [-0.2, 0) is 16.1 Å². The molecule has 24 heavy (non-hydrogen) atoms. The number of nitrogens with zero attached hydrogens (tertiary/aromatic N) is 3. The lowest BCUT2D eigenvalue weighted by molar-refractivity contribution is -0.386. The molecule has 7 nitrogen and oxygen atoms in total. The summed E-state index contributed by atoms with van der Waals surface area (Å²) in [6, 6.07) is 7.38. The van der Waals surface area contributed by atoms with Crippen LogP contribution in [0.3, 0.4) is 0 Å². The molecule has 128 valence electrons. The van der Waals surface area contributed by atoms with Gasteiger partial charge in [-0.25, -0.2) is 0 Å². The lowest BCUT2D eigenvalue weighted by Gasteiger charge is -2.06. The average molecular weight is 370 g/mol. The summed E-state index contributed by atoms with van der Waals surface area (Å²) in [6.07, 6.45) is 0. The molecule has 0 spiro atoms. The van der Waals surface area contributed by atoms with Crippen LogP contribution in [0.25, 0.3) is 0 Å². The van der Waals surface area contributed by atoms with Crippen molar-refractivity contribution in [2.24, 2.45) is 0 Å². The van der Waals surface area contributed by atoms with Gasteiger partial charge in [-0.05, 0) is 38.1 Å². The summed E-state index contributed by atoms with van der Waals surface area (Å²) < 4.78 is 6.43. The predicted octanol–water partition coefficient (Wildman–Crippen LogP) is 3.40. The Kier molecular flexibility index (Phi) is 6.22. The van der Waals surface area contributed by atoms with Crippen molar-refractivity contribution < 1.29 is 14.5 Å². The van der Waals surface area contributed by atoms with Gasteiger partial charge >= 0.3 is 11.7 Å². The summed E-state index contributed by atoms with van der Waals surface area (Å²) in [5, 5.41) is 15.6. The van der Waals surface area contributed by atoms with E-state index < -0.39 is 10.9 Å². The number of rotatable bonds is 7. The molecule has 0 saturated carbocycles. The third-order valence-corrected chi connectivity index (χ3v) is 4.46. The van der Waals surface area contributed by atoms with Crippen LogP contribution in [0.15, 0.2) is 29.2 Å². The van der Waals surface area contributed by atoms with Crippen LogP contribution in [0.2, 0.25) is 5.02 Å². The Hall–Kier alpha value is -2.06. The second-order valence-corrected chi connectivity index (χ2v) is 6.56. The predicted molar refractivity (Wildman–Crippen MR) is 91.5 cm³/mol. The number of thioether (sulfide) groups is 1. The number of esters is 1. The first-order chi connectivity index (χ1) is 11.4. The molecule has 0 aliphatic rings. The molecule has 1 heterocycles. The minimum Gasteiger partial charge on any atom is -0.463 e. The van der Waals surface area contributed by atoms with Crippen molar-refractivity contribution in [2.75, 3.05) is 12.4 Å². The fourth-order valence-corrected chi connectivity index (χ4v) is 2.98. The Morgan fingerprint density at radius 2 is 2.04 bits per heavy atom. The van der Waals surface area contributed by atoms with Crippen LogP contribution in [-0.4, -0.2) is 33.0 Å². The number of aryl methyl sites for hydroxylation is 1. The molecule has 0 saturated heterocycles. The van der Waals surface area contributed by atoms with Crippen molar-refractivity contribution in [1.82, 2.24) is 9.78 Å². The maximum atomic E-state index is 11.8. The Bertz CT molecular complexity index is 746. The van der Waals surface area contributed by atoms with Gasteiger partial charge in [-0.1, -0.05) is 11.6 Å². The maximum absolute atomic E-state index is 11.8. The van der Waals surface area contributed by atoms with Gasteiger partial charge in [0.1, 0.15) is 24.5 Å². The number of halogens is 1. The van der Waals surface area contributed by atoms with E-state index in [0.717, 1.165) is 4.90 Å². The Morgan fingerprint density at radius 3 is 2.62 bits per heavy atom. The molecule has 2 aromatic rings. The summed E-state index contributed by atoms with van der Waals surface area (Å²) in [4.78, 5) is 23.3. The molecule has 0 atom stereocenters. The van der Waals surface area contributed by atoms with Crippen molar-refractivity contribution >= 4 is 35.0 Å². The minimum atomic E-state index is -0.498. The van der Waals surface area contributed by atoms with E-state index in [1.807, 2.05) is 12.1 Å².